The molecule has 6 heteroatoms. The second-order valence-corrected chi connectivity index (χ2v) is 5.30. The summed E-state index contributed by atoms with van der Waals surface area (Å²) in [6, 6.07) is 11.1. The third-order valence-corrected chi connectivity index (χ3v) is 3.99. The van der Waals surface area contributed by atoms with E-state index in [9.17, 15) is 9.59 Å². The summed E-state index contributed by atoms with van der Waals surface area (Å²) >= 11 is 0. The Labute approximate surface area is 134 Å². The monoisotopic (exact) mass is 310 g/mol. The Hall–Kier alpha value is -2.89. The molecule has 23 heavy (non-hydrogen) atoms. The van der Waals surface area contributed by atoms with Gasteiger partial charge in [-0.3, -0.25) is 14.5 Å². The van der Waals surface area contributed by atoms with Crippen molar-refractivity contribution in [3.05, 3.63) is 53.7 Å². The molecule has 0 unspecified atom stereocenters. The molecular formula is C17H18N4O2. The number of carbonyl (C=O) groups excluding carboxylic acids is 2. The summed E-state index contributed by atoms with van der Waals surface area (Å²) in [7, 11) is 1.85. The molecule has 6 nitrogen and oxygen atoms in total. The van der Waals surface area contributed by atoms with Crippen molar-refractivity contribution in [2.75, 3.05) is 30.4 Å². The van der Waals surface area contributed by atoms with Gasteiger partial charge in [0.15, 0.2) is 0 Å². The van der Waals surface area contributed by atoms with Crippen LogP contribution in [0.15, 0.2) is 42.6 Å². The zero-order valence-electron chi connectivity index (χ0n) is 12.9. The van der Waals surface area contributed by atoms with Crippen LogP contribution in [-0.2, 0) is 11.3 Å². The number of hydrogen-bond acceptors (Lipinski definition) is 4. The van der Waals surface area contributed by atoms with Crippen LogP contribution in [0.2, 0.25) is 0 Å². The van der Waals surface area contributed by atoms with Crippen LogP contribution in [0.5, 0.6) is 0 Å². The molecule has 0 radical (unpaired) electrons. The molecule has 118 valence electrons. The van der Waals surface area contributed by atoms with E-state index < -0.39 is 0 Å². The lowest BCUT2D eigenvalue weighted by atomic mass is 10.1. The number of nitrogens with zero attached hydrogens (tertiary/aromatic N) is 3. The molecule has 1 aliphatic rings. The molecule has 0 aliphatic carbocycles. The summed E-state index contributed by atoms with van der Waals surface area (Å²) in [6.45, 7) is 1.43. The van der Waals surface area contributed by atoms with Crippen LogP contribution >= 0.6 is 0 Å². The van der Waals surface area contributed by atoms with Gasteiger partial charge in [0.1, 0.15) is 5.82 Å². The molecule has 0 saturated heterocycles. The van der Waals surface area contributed by atoms with Crippen molar-refractivity contribution in [3.63, 3.8) is 0 Å². The van der Waals surface area contributed by atoms with E-state index in [-0.39, 0.29) is 5.91 Å². The Morgan fingerprint density at radius 2 is 2.17 bits per heavy atom. The SMILES string of the molecule is CNc1cccc2c1CN(CCN(C=O)c1ccccn1)C2=O. The van der Waals surface area contributed by atoms with Gasteiger partial charge in [-0.1, -0.05) is 12.1 Å². The lowest BCUT2D eigenvalue weighted by Gasteiger charge is -2.21. The van der Waals surface area contributed by atoms with E-state index >= 15 is 0 Å². The summed E-state index contributed by atoms with van der Waals surface area (Å²) in [6.07, 6.45) is 2.39. The van der Waals surface area contributed by atoms with Crippen LogP contribution in [0.25, 0.3) is 0 Å². The van der Waals surface area contributed by atoms with E-state index in [0.29, 0.717) is 25.5 Å². The highest BCUT2D eigenvalue weighted by molar-refractivity contribution is 6.00. The van der Waals surface area contributed by atoms with E-state index in [2.05, 4.69) is 10.3 Å². The fourth-order valence-electron chi connectivity index (χ4n) is 2.78. The maximum Gasteiger partial charge on any atom is 0.254 e. The van der Waals surface area contributed by atoms with Crippen LogP contribution in [0.3, 0.4) is 0 Å². The number of hydrogen-bond donors (Lipinski definition) is 1. The number of carbonyl (C=O) groups is 2. The van der Waals surface area contributed by atoms with Crippen molar-refractivity contribution in [1.29, 1.82) is 0 Å². The van der Waals surface area contributed by atoms with E-state index in [1.807, 2.05) is 31.3 Å². The molecule has 2 aromatic rings. The molecule has 0 fully saturated rings. The van der Waals surface area contributed by atoms with Crippen LogP contribution < -0.4 is 10.2 Å². The maximum atomic E-state index is 12.5. The number of rotatable bonds is 6. The summed E-state index contributed by atoms with van der Waals surface area (Å²) in [4.78, 5) is 31.2. The van der Waals surface area contributed by atoms with Crippen LogP contribution in [0.1, 0.15) is 15.9 Å². The van der Waals surface area contributed by atoms with Gasteiger partial charge in [0.2, 0.25) is 6.41 Å². The van der Waals surface area contributed by atoms with Gasteiger partial charge >= 0.3 is 0 Å². The lowest BCUT2D eigenvalue weighted by molar-refractivity contribution is -0.107. The quantitative estimate of drug-likeness (QED) is 0.826. The van der Waals surface area contributed by atoms with Crippen molar-refractivity contribution in [2.45, 2.75) is 6.54 Å². The highest BCUT2D eigenvalue weighted by atomic mass is 16.2. The zero-order valence-corrected chi connectivity index (χ0v) is 12.9. The normalized spacial score (nSPS) is 12.9. The first-order valence-corrected chi connectivity index (χ1v) is 7.46. The first-order chi connectivity index (χ1) is 11.2. The highest BCUT2D eigenvalue weighted by Crippen LogP contribution is 2.28. The summed E-state index contributed by atoms with van der Waals surface area (Å²) < 4.78 is 0. The number of pyridine rings is 1. The summed E-state index contributed by atoms with van der Waals surface area (Å²) in [5.74, 6) is 0.589. The number of anilines is 2. The molecular weight excluding hydrogens is 292 g/mol. The first-order valence-electron chi connectivity index (χ1n) is 7.46. The minimum atomic E-state index is 0.00368. The molecule has 1 aromatic carbocycles. The van der Waals surface area contributed by atoms with Crippen molar-refractivity contribution in [2.24, 2.45) is 0 Å². The molecule has 1 aromatic heterocycles. The van der Waals surface area contributed by atoms with Gasteiger partial charge in [0, 0.05) is 49.7 Å². The smallest absolute Gasteiger partial charge is 0.254 e. The molecule has 3 rings (SSSR count). The Kier molecular flexibility index (Phi) is 4.23. The van der Waals surface area contributed by atoms with E-state index in [4.69, 9.17) is 0 Å². The van der Waals surface area contributed by atoms with Gasteiger partial charge < -0.3 is 10.2 Å². The van der Waals surface area contributed by atoms with E-state index in [1.165, 1.54) is 4.90 Å². The van der Waals surface area contributed by atoms with Gasteiger partial charge in [-0.15, -0.1) is 0 Å². The second kappa shape index (κ2) is 6.48. The average Bonchev–Trinajstić information content (AvgIpc) is 2.93. The minimum Gasteiger partial charge on any atom is -0.388 e. The molecule has 0 saturated carbocycles. The molecule has 0 bridgehead atoms. The van der Waals surface area contributed by atoms with Gasteiger partial charge in [0.25, 0.3) is 5.91 Å². The fraction of sp³-hybridized carbons (Fsp3) is 0.235. The van der Waals surface area contributed by atoms with Crippen molar-refractivity contribution in [3.8, 4) is 0 Å². The molecule has 2 amide bonds. The van der Waals surface area contributed by atoms with Crippen LogP contribution in [0, 0.1) is 0 Å². The van der Waals surface area contributed by atoms with Gasteiger partial charge in [-0.25, -0.2) is 4.98 Å². The minimum absolute atomic E-state index is 0.00368. The number of fused-ring (bicyclic) bond motifs is 1. The molecule has 0 spiro atoms. The summed E-state index contributed by atoms with van der Waals surface area (Å²) in [5.41, 5.74) is 2.71. The van der Waals surface area contributed by atoms with Crippen LogP contribution in [-0.4, -0.2) is 42.3 Å². The molecule has 1 aliphatic heterocycles. The van der Waals surface area contributed by atoms with Gasteiger partial charge in [-0.05, 0) is 24.3 Å². The Morgan fingerprint density at radius 3 is 2.87 bits per heavy atom. The van der Waals surface area contributed by atoms with Crippen molar-refractivity contribution in [1.82, 2.24) is 9.88 Å². The van der Waals surface area contributed by atoms with Crippen molar-refractivity contribution < 1.29 is 9.59 Å². The number of nitrogens with one attached hydrogen (secondary N) is 1. The third-order valence-electron chi connectivity index (χ3n) is 3.99. The predicted molar refractivity (Wildman–Crippen MR) is 88.4 cm³/mol. The predicted octanol–water partition coefficient (Wildman–Crippen LogP) is 1.74. The average molecular weight is 310 g/mol. The Bertz CT molecular complexity index is 718. The number of amides is 2. The largest absolute Gasteiger partial charge is 0.388 e. The van der Waals surface area contributed by atoms with E-state index in [1.54, 1.807) is 23.2 Å². The summed E-state index contributed by atoms with van der Waals surface area (Å²) in [5, 5.41) is 3.11. The first kappa shape index (κ1) is 15.0. The molecule has 2 heterocycles. The zero-order chi connectivity index (χ0) is 16.2. The van der Waals surface area contributed by atoms with Gasteiger partial charge in [-0.2, -0.15) is 0 Å². The second-order valence-electron chi connectivity index (χ2n) is 5.30. The Morgan fingerprint density at radius 1 is 1.30 bits per heavy atom. The maximum absolute atomic E-state index is 12.5. The van der Waals surface area contributed by atoms with Crippen LogP contribution in [0.4, 0.5) is 11.5 Å². The number of aromatic nitrogens is 1. The molecule has 1 N–H and O–H groups in total. The fourth-order valence-corrected chi connectivity index (χ4v) is 2.78. The topological polar surface area (TPSA) is 65.5 Å². The number of benzene rings is 1. The van der Waals surface area contributed by atoms with Gasteiger partial charge in [0.05, 0.1) is 0 Å². The Balaban J connectivity index is 1.70. The molecule has 0 atom stereocenters. The lowest BCUT2D eigenvalue weighted by Crippen LogP contribution is -2.35. The highest BCUT2D eigenvalue weighted by Gasteiger charge is 2.29. The van der Waals surface area contributed by atoms with E-state index in [0.717, 1.165) is 23.2 Å². The van der Waals surface area contributed by atoms with Crippen molar-refractivity contribution >= 4 is 23.8 Å². The third kappa shape index (κ3) is 2.88. The standard InChI is InChI=1S/C17H18N4O2/c1-18-15-6-4-5-13-14(15)11-20(17(13)23)9-10-21(12-22)16-7-2-3-8-19-16/h2-8,12,18H,9-11H2,1H3.